The summed E-state index contributed by atoms with van der Waals surface area (Å²) in [6, 6.07) is 3.73. The molecule has 120 valence electrons. The molecule has 0 radical (unpaired) electrons. The molecule has 6 heteroatoms. The Labute approximate surface area is 135 Å². The van der Waals surface area contributed by atoms with Crippen molar-refractivity contribution in [3.05, 3.63) is 45.8 Å². The van der Waals surface area contributed by atoms with Gasteiger partial charge in [0.15, 0.2) is 0 Å². The number of aryl methyl sites for hydroxylation is 3. The van der Waals surface area contributed by atoms with E-state index in [4.69, 9.17) is 0 Å². The molecule has 0 aromatic carbocycles. The van der Waals surface area contributed by atoms with Gasteiger partial charge in [0.05, 0.1) is 12.2 Å². The zero-order valence-electron chi connectivity index (χ0n) is 13.4. The Bertz CT molecular complexity index is 779. The number of anilines is 1. The molecule has 6 nitrogen and oxygen atoms in total. The molecule has 1 saturated heterocycles. The second-order valence-electron chi connectivity index (χ2n) is 6.58. The van der Waals surface area contributed by atoms with E-state index in [1.54, 1.807) is 16.9 Å². The molecule has 1 aliphatic heterocycles. The first-order valence-corrected chi connectivity index (χ1v) is 8.33. The third-order valence-electron chi connectivity index (χ3n) is 4.75. The summed E-state index contributed by atoms with van der Waals surface area (Å²) >= 11 is 0. The zero-order chi connectivity index (χ0) is 15.8. The highest BCUT2D eigenvalue weighted by Gasteiger charge is 2.29. The second-order valence-corrected chi connectivity index (χ2v) is 6.58. The van der Waals surface area contributed by atoms with Crippen molar-refractivity contribution in [1.29, 1.82) is 0 Å². The van der Waals surface area contributed by atoms with Gasteiger partial charge in [0.2, 0.25) is 0 Å². The summed E-state index contributed by atoms with van der Waals surface area (Å²) in [5, 5.41) is 4.61. The maximum atomic E-state index is 12.2. The van der Waals surface area contributed by atoms with Crippen molar-refractivity contribution in [1.82, 2.24) is 19.7 Å². The first-order chi connectivity index (χ1) is 11.2. The number of hydrogen-bond donors (Lipinski definition) is 0. The number of rotatable bonds is 3. The molecule has 0 saturated carbocycles. The first-order valence-electron chi connectivity index (χ1n) is 8.33. The average Bonchev–Trinajstić information content (AvgIpc) is 2.50. The van der Waals surface area contributed by atoms with Crippen LogP contribution in [-0.4, -0.2) is 32.8 Å². The van der Waals surface area contributed by atoms with Crippen LogP contribution < -0.4 is 10.5 Å². The predicted octanol–water partition coefficient (Wildman–Crippen LogP) is 1.36. The van der Waals surface area contributed by atoms with Gasteiger partial charge in [-0.2, -0.15) is 5.10 Å². The van der Waals surface area contributed by atoms with E-state index in [-0.39, 0.29) is 5.56 Å². The highest BCUT2D eigenvalue weighted by Crippen LogP contribution is 2.23. The SMILES string of the molecule is Cc1nccc(N2CC(Cn3nc4c(cc3=O)CCCC4)C2)n1. The fourth-order valence-corrected chi connectivity index (χ4v) is 3.47. The van der Waals surface area contributed by atoms with Crippen LogP contribution in [0.25, 0.3) is 0 Å². The van der Waals surface area contributed by atoms with Gasteiger partial charge in [0.25, 0.3) is 5.56 Å². The van der Waals surface area contributed by atoms with Crippen molar-refractivity contribution in [2.45, 2.75) is 39.2 Å². The highest BCUT2D eigenvalue weighted by atomic mass is 16.1. The van der Waals surface area contributed by atoms with Gasteiger partial charge in [-0.15, -0.1) is 0 Å². The van der Waals surface area contributed by atoms with E-state index >= 15 is 0 Å². The topological polar surface area (TPSA) is 63.9 Å². The summed E-state index contributed by atoms with van der Waals surface area (Å²) in [6.07, 6.45) is 6.16. The molecule has 2 aromatic rings. The molecule has 23 heavy (non-hydrogen) atoms. The molecule has 2 aromatic heterocycles. The van der Waals surface area contributed by atoms with Gasteiger partial charge in [-0.1, -0.05) is 0 Å². The van der Waals surface area contributed by atoms with Gasteiger partial charge in [-0.05, 0) is 44.2 Å². The second kappa shape index (κ2) is 5.76. The van der Waals surface area contributed by atoms with E-state index in [9.17, 15) is 4.79 Å². The summed E-state index contributed by atoms with van der Waals surface area (Å²) < 4.78 is 1.66. The number of hydrogen-bond acceptors (Lipinski definition) is 5. The van der Waals surface area contributed by atoms with Crippen LogP contribution in [0.5, 0.6) is 0 Å². The van der Waals surface area contributed by atoms with Crippen LogP contribution >= 0.6 is 0 Å². The van der Waals surface area contributed by atoms with Gasteiger partial charge in [0, 0.05) is 31.3 Å². The molecule has 4 rings (SSSR count). The lowest BCUT2D eigenvalue weighted by molar-refractivity contribution is 0.329. The van der Waals surface area contributed by atoms with Gasteiger partial charge < -0.3 is 4.90 Å². The molecule has 1 aliphatic carbocycles. The Balaban J connectivity index is 1.43. The van der Waals surface area contributed by atoms with Crippen LogP contribution in [0.2, 0.25) is 0 Å². The van der Waals surface area contributed by atoms with Crippen molar-refractivity contribution >= 4 is 5.82 Å². The predicted molar refractivity (Wildman–Crippen MR) is 87.6 cm³/mol. The van der Waals surface area contributed by atoms with Crippen molar-refractivity contribution < 1.29 is 0 Å². The zero-order valence-corrected chi connectivity index (χ0v) is 13.4. The Morgan fingerprint density at radius 2 is 2.09 bits per heavy atom. The molecule has 0 unspecified atom stereocenters. The maximum Gasteiger partial charge on any atom is 0.267 e. The molecular weight excluding hydrogens is 290 g/mol. The fourth-order valence-electron chi connectivity index (χ4n) is 3.47. The highest BCUT2D eigenvalue weighted by molar-refractivity contribution is 5.40. The standard InChI is InChI=1S/C17H21N5O/c1-12-18-7-6-16(19-12)21-9-13(10-21)11-22-17(23)8-14-4-2-3-5-15(14)20-22/h6-8,13H,2-5,9-11H2,1H3. The minimum absolute atomic E-state index is 0.0435. The van der Waals surface area contributed by atoms with Gasteiger partial charge in [-0.25, -0.2) is 14.6 Å². The van der Waals surface area contributed by atoms with Crippen LogP contribution in [0.3, 0.4) is 0 Å². The smallest absolute Gasteiger partial charge is 0.267 e. The molecule has 0 amide bonds. The molecule has 1 fully saturated rings. The molecule has 0 atom stereocenters. The normalized spacial score (nSPS) is 17.7. The lowest BCUT2D eigenvalue weighted by Gasteiger charge is -2.40. The Kier molecular flexibility index (Phi) is 3.59. The van der Waals surface area contributed by atoms with E-state index in [0.29, 0.717) is 12.5 Å². The summed E-state index contributed by atoms with van der Waals surface area (Å²) in [5.74, 6) is 2.22. The molecule has 0 N–H and O–H groups in total. The fraction of sp³-hybridized carbons (Fsp3) is 0.529. The van der Waals surface area contributed by atoms with Crippen molar-refractivity contribution in [2.75, 3.05) is 18.0 Å². The van der Waals surface area contributed by atoms with E-state index in [1.165, 1.54) is 12.8 Å². The largest absolute Gasteiger partial charge is 0.356 e. The molecule has 3 heterocycles. The number of fused-ring (bicyclic) bond motifs is 1. The van der Waals surface area contributed by atoms with E-state index in [0.717, 1.165) is 48.8 Å². The number of aromatic nitrogens is 4. The monoisotopic (exact) mass is 311 g/mol. The summed E-state index contributed by atoms with van der Waals surface area (Å²) in [5.41, 5.74) is 2.32. The maximum absolute atomic E-state index is 12.2. The molecular formula is C17H21N5O. The Morgan fingerprint density at radius 1 is 1.26 bits per heavy atom. The Hall–Kier alpha value is -2.24. The van der Waals surface area contributed by atoms with Crippen molar-refractivity contribution in [2.24, 2.45) is 5.92 Å². The quantitative estimate of drug-likeness (QED) is 0.856. The summed E-state index contributed by atoms with van der Waals surface area (Å²) in [4.78, 5) is 23.0. The average molecular weight is 311 g/mol. The molecule has 0 spiro atoms. The third-order valence-corrected chi connectivity index (χ3v) is 4.75. The van der Waals surface area contributed by atoms with Gasteiger partial charge in [0.1, 0.15) is 11.6 Å². The Morgan fingerprint density at radius 3 is 2.91 bits per heavy atom. The lowest BCUT2D eigenvalue weighted by atomic mass is 9.96. The lowest BCUT2D eigenvalue weighted by Crippen LogP contribution is -2.50. The van der Waals surface area contributed by atoms with Crippen molar-refractivity contribution in [3.8, 4) is 0 Å². The summed E-state index contributed by atoms with van der Waals surface area (Å²) in [6.45, 7) is 4.44. The minimum Gasteiger partial charge on any atom is -0.356 e. The van der Waals surface area contributed by atoms with E-state index in [1.807, 2.05) is 13.0 Å². The minimum atomic E-state index is 0.0435. The first kappa shape index (κ1) is 14.4. The number of nitrogens with zero attached hydrogens (tertiary/aromatic N) is 5. The summed E-state index contributed by atoms with van der Waals surface area (Å²) in [7, 11) is 0. The van der Waals surface area contributed by atoms with E-state index < -0.39 is 0 Å². The molecule has 2 aliphatic rings. The van der Waals surface area contributed by atoms with Crippen LogP contribution in [0, 0.1) is 12.8 Å². The van der Waals surface area contributed by atoms with Gasteiger partial charge in [-0.3, -0.25) is 4.79 Å². The van der Waals surface area contributed by atoms with Crippen molar-refractivity contribution in [3.63, 3.8) is 0 Å². The van der Waals surface area contributed by atoms with Gasteiger partial charge >= 0.3 is 0 Å². The molecule has 0 bridgehead atoms. The van der Waals surface area contributed by atoms with Crippen LogP contribution in [0.1, 0.15) is 29.9 Å². The van der Waals surface area contributed by atoms with Crippen LogP contribution in [0.4, 0.5) is 5.82 Å². The van der Waals surface area contributed by atoms with Crippen LogP contribution in [0.15, 0.2) is 23.1 Å². The third kappa shape index (κ3) is 2.85. The van der Waals surface area contributed by atoms with Crippen LogP contribution in [-0.2, 0) is 19.4 Å². The van der Waals surface area contributed by atoms with E-state index in [2.05, 4.69) is 20.0 Å².